The molecule has 3 aromatic rings. The predicted molar refractivity (Wildman–Crippen MR) is 146 cm³/mol. The molecule has 3 aromatic carbocycles. The van der Waals surface area contributed by atoms with Crippen LogP contribution >= 0.6 is 0 Å². The van der Waals surface area contributed by atoms with Crippen molar-refractivity contribution in [2.45, 2.75) is 52.1 Å². The molecule has 4 unspecified atom stereocenters. The lowest BCUT2D eigenvalue weighted by Crippen LogP contribution is -2.49. The maximum Gasteiger partial charge on any atom is 0.173 e. The van der Waals surface area contributed by atoms with Crippen molar-refractivity contribution in [1.29, 1.82) is 0 Å². The highest BCUT2D eigenvalue weighted by Gasteiger charge is 2.66. The minimum absolute atomic E-state index is 0.0127. The molecule has 2 bridgehead atoms. The lowest BCUT2D eigenvalue weighted by atomic mass is 9.59. The van der Waals surface area contributed by atoms with E-state index in [-0.39, 0.29) is 53.0 Å². The zero-order chi connectivity index (χ0) is 27.1. The molecule has 0 heterocycles. The number of phenols is 2. The minimum atomic E-state index is -1.40. The van der Waals surface area contributed by atoms with E-state index in [9.17, 15) is 19.8 Å². The number of para-hydroxylation sites is 2. The first-order chi connectivity index (χ1) is 18.2. The second-order valence-corrected chi connectivity index (χ2v) is 11.4. The van der Waals surface area contributed by atoms with Gasteiger partial charge >= 0.3 is 0 Å². The van der Waals surface area contributed by atoms with Gasteiger partial charge in [-0.3, -0.25) is 9.59 Å². The van der Waals surface area contributed by atoms with Gasteiger partial charge < -0.3 is 14.9 Å². The van der Waals surface area contributed by atoms with Gasteiger partial charge in [-0.05, 0) is 61.3 Å². The fraction of sp³-hybridized carbons (Fsp3) is 0.394. The Bertz CT molecular complexity index is 1350. The lowest BCUT2D eigenvalue weighted by molar-refractivity contribution is -0.133. The molecule has 0 saturated heterocycles. The average molecular weight is 513 g/mol. The van der Waals surface area contributed by atoms with Crippen molar-refractivity contribution < 1.29 is 24.5 Å². The van der Waals surface area contributed by atoms with Crippen molar-refractivity contribution in [3.05, 3.63) is 95.6 Å². The number of rotatable bonds is 9. The molecule has 0 aliphatic heterocycles. The summed E-state index contributed by atoms with van der Waals surface area (Å²) in [6, 6.07) is 23.0. The fourth-order valence-corrected chi connectivity index (χ4v) is 7.39. The van der Waals surface area contributed by atoms with Crippen LogP contribution in [0.5, 0.6) is 11.5 Å². The molecule has 0 spiro atoms. The number of phenolic OH excluding ortho intramolecular Hbond substituents is 2. The van der Waals surface area contributed by atoms with Crippen LogP contribution in [0.3, 0.4) is 0 Å². The summed E-state index contributed by atoms with van der Waals surface area (Å²) >= 11 is 0. The molecule has 198 valence electrons. The number of carbonyl (C=O) groups excluding carboxylic acids is 2. The number of fused-ring (bicyclic) bond motifs is 2. The van der Waals surface area contributed by atoms with Gasteiger partial charge in [0.2, 0.25) is 0 Å². The number of hydrogen-bond acceptors (Lipinski definition) is 5. The van der Waals surface area contributed by atoms with Crippen LogP contribution < -0.4 is 0 Å². The van der Waals surface area contributed by atoms with E-state index in [2.05, 4.69) is 13.8 Å². The normalized spacial score (nSPS) is 24.2. The van der Waals surface area contributed by atoms with Crippen LogP contribution in [-0.2, 0) is 15.1 Å². The maximum absolute atomic E-state index is 14.7. The summed E-state index contributed by atoms with van der Waals surface area (Å²) in [4.78, 5) is 28.4. The molecule has 5 heteroatoms. The Morgan fingerprint density at radius 3 is 2.18 bits per heavy atom. The van der Waals surface area contributed by atoms with Gasteiger partial charge in [-0.1, -0.05) is 74.5 Å². The zero-order valence-corrected chi connectivity index (χ0v) is 22.3. The summed E-state index contributed by atoms with van der Waals surface area (Å²) in [7, 11) is 0. The highest BCUT2D eigenvalue weighted by Crippen LogP contribution is 2.67. The highest BCUT2D eigenvalue weighted by atomic mass is 16.5. The van der Waals surface area contributed by atoms with Crippen molar-refractivity contribution in [2.24, 2.45) is 22.7 Å². The fourth-order valence-electron chi connectivity index (χ4n) is 7.39. The summed E-state index contributed by atoms with van der Waals surface area (Å²) < 4.78 is 6.67. The number of Topliss-reactive ketones (excluding diaryl/α,β-unsaturated/α-hetero) is 2. The van der Waals surface area contributed by atoms with Gasteiger partial charge in [-0.25, -0.2) is 0 Å². The molecule has 0 radical (unpaired) electrons. The van der Waals surface area contributed by atoms with E-state index < -0.39 is 16.9 Å². The Kier molecular flexibility index (Phi) is 6.68. The minimum Gasteiger partial charge on any atom is -0.508 e. The van der Waals surface area contributed by atoms with Gasteiger partial charge in [0.1, 0.15) is 22.9 Å². The quantitative estimate of drug-likeness (QED) is 0.313. The third-order valence-corrected chi connectivity index (χ3v) is 9.55. The molecule has 38 heavy (non-hydrogen) atoms. The Hall–Kier alpha value is -3.44. The smallest absolute Gasteiger partial charge is 0.173 e. The Labute approximate surface area is 224 Å². The molecule has 5 rings (SSSR count). The SMILES string of the molecule is CCOC(c1ccccc1)(c1ccccc1O)C(CC12CCC(CC1=O)C2(C)C)C(=O)c1ccccc1O. The lowest BCUT2D eigenvalue weighted by Gasteiger charge is -2.46. The van der Waals surface area contributed by atoms with Crippen LogP contribution in [-0.4, -0.2) is 28.4 Å². The van der Waals surface area contributed by atoms with Gasteiger partial charge in [0, 0.05) is 24.0 Å². The van der Waals surface area contributed by atoms with Crippen molar-refractivity contribution >= 4 is 11.6 Å². The van der Waals surface area contributed by atoms with Gasteiger partial charge in [0.15, 0.2) is 5.78 Å². The number of carbonyl (C=O) groups is 2. The first-order valence-corrected chi connectivity index (χ1v) is 13.5. The molecular formula is C33H36O5. The molecule has 2 fully saturated rings. The van der Waals surface area contributed by atoms with Crippen molar-refractivity contribution in [2.75, 3.05) is 6.61 Å². The largest absolute Gasteiger partial charge is 0.508 e. The molecule has 0 aromatic heterocycles. The maximum atomic E-state index is 14.7. The standard InChI is InChI=1S/C33H36O5/c1-4-38-33(22-12-6-5-7-13-22,25-15-9-11-17-28(25)35)26(30(37)24-14-8-10-16-27(24)34)21-32-19-18-23(20-29(32)36)31(32,2)3/h5-17,23,26,34-35H,4,18-21H2,1-3H3. The van der Waals surface area contributed by atoms with E-state index >= 15 is 0 Å². The van der Waals surface area contributed by atoms with Crippen LogP contribution in [0, 0.1) is 22.7 Å². The van der Waals surface area contributed by atoms with Crippen molar-refractivity contribution in [1.82, 2.24) is 0 Å². The first kappa shape index (κ1) is 26.2. The Morgan fingerprint density at radius 1 is 0.974 bits per heavy atom. The van der Waals surface area contributed by atoms with E-state index in [0.29, 0.717) is 24.0 Å². The van der Waals surface area contributed by atoms with Crippen LogP contribution in [0.25, 0.3) is 0 Å². The molecule has 2 aliphatic carbocycles. The van der Waals surface area contributed by atoms with E-state index in [0.717, 1.165) is 6.42 Å². The molecule has 0 amide bonds. The summed E-state index contributed by atoms with van der Waals surface area (Å²) in [6.45, 7) is 6.44. The van der Waals surface area contributed by atoms with E-state index in [1.807, 2.05) is 43.3 Å². The summed E-state index contributed by atoms with van der Waals surface area (Å²) in [5, 5.41) is 22.0. The second-order valence-electron chi connectivity index (χ2n) is 11.4. The molecule has 2 aliphatic rings. The number of ketones is 2. The molecule has 5 nitrogen and oxygen atoms in total. The predicted octanol–water partition coefficient (Wildman–Crippen LogP) is 6.66. The highest BCUT2D eigenvalue weighted by molar-refractivity contribution is 6.02. The summed E-state index contributed by atoms with van der Waals surface area (Å²) in [6.07, 6.45) is 2.44. The van der Waals surface area contributed by atoms with Crippen LogP contribution in [0.15, 0.2) is 78.9 Å². The third kappa shape index (κ3) is 3.79. The Morgan fingerprint density at radius 2 is 1.61 bits per heavy atom. The number of aromatic hydroxyl groups is 2. The molecular weight excluding hydrogens is 476 g/mol. The summed E-state index contributed by atoms with van der Waals surface area (Å²) in [5.74, 6) is -0.831. The molecule has 2 N–H and O–H groups in total. The first-order valence-electron chi connectivity index (χ1n) is 13.5. The van der Waals surface area contributed by atoms with Crippen LogP contribution in [0.4, 0.5) is 0 Å². The molecule has 2 saturated carbocycles. The van der Waals surface area contributed by atoms with Crippen molar-refractivity contribution in [3.8, 4) is 11.5 Å². The number of hydrogen-bond donors (Lipinski definition) is 2. The van der Waals surface area contributed by atoms with Gasteiger partial charge in [0.05, 0.1) is 11.5 Å². The zero-order valence-electron chi connectivity index (χ0n) is 22.3. The second kappa shape index (κ2) is 9.70. The topological polar surface area (TPSA) is 83.8 Å². The third-order valence-electron chi connectivity index (χ3n) is 9.55. The van der Waals surface area contributed by atoms with Gasteiger partial charge in [-0.15, -0.1) is 0 Å². The number of benzene rings is 3. The van der Waals surface area contributed by atoms with E-state index in [1.165, 1.54) is 6.07 Å². The monoisotopic (exact) mass is 512 g/mol. The number of ether oxygens (including phenoxy) is 1. The average Bonchev–Trinajstić information content (AvgIpc) is 3.26. The van der Waals surface area contributed by atoms with Gasteiger partial charge in [0.25, 0.3) is 0 Å². The Balaban J connectivity index is 1.81. The molecule has 4 atom stereocenters. The van der Waals surface area contributed by atoms with Gasteiger partial charge in [-0.2, -0.15) is 0 Å². The van der Waals surface area contributed by atoms with Crippen LogP contribution in [0.2, 0.25) is 0 Å². The summed E-state index contributed by atoms with van der Waals surface area (Å²) in [5.41, 5.74) is -1.02. The van der Waals surface area contributed by atoms with Crippen molar-refractivity contribution in [3.63, 3.8) is 0 Å². The van der Waals surface area contributed by atoms with E-state index in [1.54, 1.807) is 36.4 Å². The van der Waals surface area contributed by atoms with Crippen LogP contribution in [0.1, 0.15) is 67.9 Å². The van der Waals surface area contributed by atoms with E-state index in [4.69, 9.17) is 4.74 Å².